The molecule has 0 unspecified atom stereocenters. The molecule has 0 radical (unpaired) electrons. The third kappa shape index (κ3) is 14.8. The number of hydrogen-bond acceptors (Lipinski definition) is 14. The predicted octanol–water partition coefficient (Wildman–Crippen LogP) is 2.86. The number of halogens is 2. The zero-order valence-corrected chi connectivity index (χ0v) is 30.6. The summed E-state index contributed by atoms with van der Waals surface area (Å²) < 4.78 is 32.4. The van der Waals surface area contributed by atoms with E-state index in [1.165, 1.54) is 12.1 Å². The molecule has 0 heterocycles. The standard InChI is InChI=1S/C34H52N4O10.2ClH/c1-3-43-17-19-47-23-21-45-15-13-35-9-11-37-26-6-7-27(38-12-10-36-14-16-46-22-24-48-20-18-44-4-2)31-30(26)32(40)25-5-8-28(39)33(41)29(25)34(31)42;;/h5-8,35-39,41H,3-4,9-24H2,1-2H3;2*1H. The molecule has 1 aliphatic rings. The number of hydrogen-bond donors (Lipinski definition) is 6. The topological polar surface area (TPSA) is 178 Å². The van der Waals surface area contributed by atoms with Crippen molar-refractivity contribution < 1.29 is 48.2 Å². The molecular formula is C34H54Cl2N4O10. The lowest BCUT2D eigenvalue weighted by Crippen LogP contribution is -2.29. The Balaban J connectivity index is 0.00000625. The Hall–Kier alpha value is -2.76. The van der Waals surface area contributed by atoms with Crippen molar-refractivity contribution in [3.8, 4) is 11.5 Å². The number of nitrogens with one attached hydrogen (secondary N) is 4. The highest BCUT2D eigenvalue weighted by molar-refractivity contribution is 6.32. The van der Waals surface area contributed by atoms with Gasteiger partial charge in [-0.2, -0.15) is 0 Å². The summed E-state index contributed by atoms with van der Waals surface area (Å²) in [7, 11) is 0. The van der Waals surface area contributed by atoms with Crippen LogP contribution in [0.3, 0.4) is 0 Å². The number of rotatable bonds is 28. The molecule has 0 fully saturated rings. The van der Waals surface area contributed by atoms with Crippen LogP contribution < -0.4 is 21.3 Å². The highest BCUT2D eigenvalue weighted by atomic mass is 35.5. The molecule has 1 aliphatic carbocycles. The van der Waals surface area contributed by atoms with Crippen LogP contribution in [0.2, 0.25) is 0 Å². The Labute approximate surface area is 307 Å². The molecule has 0 bridgehead atoms. The van der Waals surface area contributed by atoms with Gasteiger partial charge in [-0.15, -0.1) is 24.8 Å². The first-order valence-electron chi connectivity index (χ1n) is 16.7. The minimum atomic E-state index is -0.606. The monoisotopic (exact) mass is 748 g/mol. The van der Waals surface area contributed by atoms with Crippen molar-refractivity contribution in [1.29, 1.82) is 0 Å². The van der Waals surface area contributed by atoms with Crippen LogP contribution in [0.1, 0.15) is 45.7 Å². The van der Waals surface area contributed by atoms with E-state index in [9.17, 15) is 19.8 Å². The van der Waals surface area contributed by atoms with E-state index in [0.717, 1.165) is 0 Å². The summed E-state index contributed by atoms with van der Waals surface area (Å²) >= 11 is 0. The summed E-state index contributed by atoms with van der Waals surface area (Å²) in [6, 6.07) is 6.08. The molecule has 0 saturated carbocycles. The maximum absolute atomic E-state index is 13.7. The number of phenolic OH excluding ortho intramolecular Hbond substituents is 2. The average Bonchev–Trinajstić information content (AvgIpc) is 3.09. The number of fused-ring (bicyclic) bond motifs is 2. The Bertz CT molecular complexity index is 1280. The number of ether oxygens (including phenoxy) is 6. The summed E-state index contributed by atoms with van der Waals surface area (Å²) in [4.78, 5) is 27.5. The molecule has 3 rings (SSSR count). The largest absolute Gasteiger partial charge is 0.504 e. The van der Waals surface area contributed by atoms with Crippen LogP contribution in [0.4, 0.5) is 11.4 Å². The van der Waals surface area contributed by atoms with E-state index in [1.54, 1.807) is 12.1 Å². The Morgan fingerprint density at radius 1 is 0.500 bits per heavy atom. The summed E-state index contributed by atoms with van der Waals surface area (Å²) in [5.41, 5.74) is 1.18. The van der Waals surface area contributed by atoms with Crippen molar-refractivity contribution in [3.63, 3.8) is 0 Å². The van der Waals surface area contributed by atoms with E-state index in [2.05, 4.69) is 21.3 Å². The molecular weight excluding hydrogens is 695 g/mol. The number of ketones is 2. The number of benzene rings is 2. The summed E-state index contributed by atoms with van der Waals surface area (Å²) in [6.45, 7) is 13.9. The summed E-state index contributed by atoms with van der Waals surface area (Å²) in [5, 5.41) is 33.7. The number of phenols is 2. The fraction of sp³-hybridized carbons (Fsp3) is 0.588. The molecule has 2 aromatic rings. The maximum Gasteiger partial charge on any atom is 0.200 e. The van der Waals surface area contributed by atoms with Crippen LogP contribution in [-0.4, -0.2) is 140 Å². The second-order valence-electron chi connectivity index (χ2n) is 10.6. The van der Waals surface area contributed by atoms with Crippen molar-refractivity contribution in [1.82, 2.24) is 10.6 Å². The number of anilines is 2. The summed E-state index contributed by atoms with van der Waals surface area (Å²) in [5.74, 6) is -2.02. The van der Waals surface area contributed by atoms with Crippen molar-refractivity contribution in [3.05, 3.63) is 46.5 Å². The Morgan fingerprint density at radius 3 is 1.38 bits per heavy atom. The van der Waals surface area contributed by atoms with Crippen LogP contribution in [0, 0.1) is 0 Å². The quantitative estimate of drug-likeness (QED) is 0.0472. The van der Waals surface area contributed by atoms with Gasteiger partial charge in [0.15, 0.2) is 17.3 Å². The van der Waals surface area contributed by atoms with Gasteiger partial charge in [0, 0.05) is 69.4 Å². The van der Waals surface area contributed by atoms with Crippen LogP contribution in [-0.2, 0) is 28.4 Å². The highest BCUT2D eigenvalue weighted by Crippen LogP contribution is 2.42. The zero-order valence-electron chi connectivity index (χ0n) is 29.0. The molecule has 2 aromatic carbocycles. The van der Waals surface area contributed by atoms with Gasteiger partial charge in [-0.3, -0.25) is 9.59 Å². The molecule has 0 amide bonds. The molecule has 0 spiro atoms. The van der Waals surface area contributed by atoms with Crippen LogP contribution >= 0.6 is 24.8 Å². The van der Waals surface area contributed by atoms with E-state index < -0.39 is 23.1 Å². The highest BCUT2D eigenvalue weighted by Gasteiger charge is 2.36. The van der Waals surface area contributed by atoms with Gasteiger partial charge in [0.2, 0.25) is 5.78 Å². The molecule has 14 nitrogen and oxygen atoms in total. The smallest absolute Gasteiger partial charge is 0.200 e. The van der Waals surface area contributed by atoms with Gasteiger partial charge in [0.25, 0.3) is 0 Å². The third-order valence-electron chi connectivity index (χ3n) is 7.26. The molecule has 0 atom stereocenters. The van der Waals surface area contributed by atoms with E-state index in [-0.39, 0.29) is 47.1 Å². The zero-order chi connectivity index (χ0) is 34.4. The number of aromatic hydroxyl groups is 2. The van der Waals surface area contributed by atoms with Gasteiger partial charge in [0.1, 0.15) is 0 Å². The van der Waals surface area contributed by atoms with Crippen molar-refractivity contribution in [2.24, 2.45) is 0 Å². The number of carbonyl (C=O) groups excluding carboxylic acids is 2. The first-order chi connectivity index (χ1) is 23.5. The molecule has 0 saturated heterocycles. The van der Waals surface area contributed by atoms with E-state index in [0.29, 0.717) is 130 Å². The molecule has 0 aliphatic heterocycles. The van der Waals surface area contributed by atoms with Gasteiger partial charge in [-0.25, -0.2) is 0 Å². The Morgan fingerprint density at radius 2 is 0.920 bits per heavy atom. The fourth-order valence-electron chi connectivity index (χ4n) is 4.91. The lowest BCUT2D eigenvalue weighted by atomic mass is 9.81. The second-order valence-corrected chi connectivity index (χ2v) is 10.6. The number of carbonyl (C=O) groups is 2. The van der Waals surface area contributed by atoms with E-state index >= 15 is 0 Å². The SMILES string of the molecule is CCOCCOCCOCCNCCNc1ccc(NCCNCCOCCOCCOCC)c2c1C(=O)c1ccc(O)c(O)c1C2=O.Cl.Cl. The second kappa shape index (κ2) is 27.0. The van der Waals surface area contributed by atoms with Crippen LogP contribution in [0.5, 0.6) is 11.5 Å². The van der Waals surface area contributed by atoms with Gasteiger partial charge < -0.3 is 59.9 Å². The molecule has 0 aromatic heterocycles. The first kappa shape index (κ1) is 45.3. The minimum absolute atomic E-state index is 0. The average molecular weight is 750 g/mol. The lowest BCUT2D eigenvalue weighted by Gasteiger charge is -2.24. The van der Waals surface area contributed by atoms with Gasteiger partial charge >= 0.3 is 0 Å². The van der Waals surface area contributed by atoms with Gasteiger partial charge in [-0.1, -0.05) is 0 Å². The Kier molecular flexibility index (Phi) is 24.4. The molecule has 6 N–H and O–H groups in total. The predicted molar refractivity (Wildman–Crippen MR) is 197 cm³/mol. The van der Waals surface area contributed by atoms with Crippen molar-refractivity contribution >= 4 is 47.8 Å². The van der Waals surface area contributed by atoms with Crippen LogP contribution in [0.25, 0.3) is 0 Å². The maximum atomic E-state index is 13.7. The van der Waals surface area contributed by atoms with Crippen molar-refractivity contribution in [2.75, 3.05) is 129 Å². The molecule has 284 valence electrons. The van der Waals surface area contributed by atoms with E-state index in [4.69, 9.17) is 28.4 Å². The fourth-order valence-corrected chi connectivity index (χ4v) is 4.91. The van der Waals surface area contributed by atoms with Crippen LogP contribution in [0.15, 0.2) is 24.3 Å². The first-order valence-corrected chi connectivity index (χ1v) is 16.7. The third-order valence-corrected chi connectivity index (χ3v) is 7.26. The molecule has 16 heteroatoms. The normalized spacial score (nSPS) is 11.8. The van der Waals surface area contributed by atoms with E-state index in [1.807, 2.05) is 13.8 Å². The van der Waals surface area contributed by atoms with Gasteiger partial charge in [0.05, 0.1) is 82.8 Å². The van der Waals surface area contributed by atoms with Gasteiger partial charge in [-0.05, 0) is 38.1 Å². The lowest BCUT2D eigenvalue weighted by molar-refractivity contribution is 0.0176. The summed E-state index contributed by atoms with van der Waals surface area (Å²) in [6.07, 6.45) is 0. The van der Waals surface area contributed by atoms with Crippen molar-refractivity contribution in [2.45, 2.75) is 13.8 Å². The molecule has 50 heavy (non-hydrogen) atoms. The minimum Gasteiger partial charge on any atom is -0.504 e.